The first kappa shape index (κ1) is 17.2. The lowest BCUT2D eigenvalue weighted by molar-refractivity contribution is 0.0650. The fourth-order valence-corrected chi connectivity index (χ4v) is 2.95. The lowest BCUT2D eigenvalue weighted by Gasteiger charge is -2.34. The van der Waals surface area contributed by atoms with Crippen LogP contribution in [0.2, 0.25) is 0 Å². The predicted octanol–water partition coefficient (Wildman–Crippen LogP) is 3.17. The Morgan fingerprint density at radius 2 is 1.68 bits per heavy atom. The Labute approximate surface area is 149 Å². The average molecular weight is 336 g/mol. The Hall–Kier alpha value is -2.59. The van der Waals surface area contributed by atoms with Crippen molar-refractivity contribution in [2.75, 3.05) is 39.8 Å². The summed E-state index contributed by atoms with van der Waals surface area (Å²) in [7, 11) is 1.63. The molecule has 2 aromatic rings. The Kier molecular flexibility index (Phi) is 5.86. The lowest BCUT2D eigenvalue weighted by Crippen LogP contribution is -2.48. The van der Waals surface area contributed by atoms with Crippen LogP contribution in [0, 0.1) is 0 Å². The molecule has 3 rings (SSSR count). The number of carbonyl (C=O) groups excluding carboxylic acids is 1. The van der Waals surface area contributed by atoms with Crippen LogP contribution in [0.1, 0.15) is 15.9 Å². The summed E-state index contributed by atoms with van der Waals surface area (Å²) in [6.07, 6.45) is 4.34. The van der Waals surface area contributed by atoms with E-state index in [-0.39, 0.29) is 5.91 Å². The molecule has 1 fully saturated rings. The van der Waals surface area contributed by atoms with Crippen molar-refractivity contribution in [1.29, 1.82) is 0 Å². The number of hydrogen-bond donors (Lipinski definition) is 0. The summed E-state index contributed by atoms with van der Waals surface area (Å²) in [4.78, 5) is 16.9. The number of benzene rings is 2. The second-order valence-electron chi connectivity index (χ2n) is 6.13. The first-order valence-electron chi connectivity index (χ1n) is 8.63. The first-order valence-corrected chi connectivity index (χ1v) is 8.63. The van der Waals surface area contributed by atoms with Crippen molar-refractivity contribution in [3.05, 3.63) is 71.8 Å². The van der Waals surface area contributed by atoms with Gasteiger partial charge in [0.25, 0.3) is 5.91 Å². The maximum absolute atomic E-state index is 12.6. The molecule has 0 N–H and O–H groups in total. The van der Waals surface area contributed by atoms with Gasteiger partial charge in [0.2, 0.25) is 0 Å². The van der Waals surface area contributed by atoms with Gasteiger partial charge in [-0.25, -0.2) is 0 Å². The second-order valence-corrected chi connectivity index (χ2v) is 6.13. The van der Waals surface area contributed by atoms with E-state index in [1.807, 2.05) is 47.4 Å². The van der Waals surface area contributed by atoms with E-state index in [2.05, 4.69) is 29.2 Å². The average Bonchev–Trinajstić information content (AvgIpc) is 2.69. The van der Waals surface area contributed by atoms with Crippen LogP contribution in [0.15, 0.2) is 60.7 Å². The third-order valence-electron chi connectivity index (χ3n) is 4.47. The van der Waals surface area contributed by atoms with Crippen LogP contribution in [0.3, 0.4) is 0 Å². The van der Waals surface area contributed by atoms with E-state index in [0.717, 1.165) is 44.0 Å². The molecule has 2 aromatic carbocycles. The van der Waals surface area contributed by atoms with E-state index in [1.165, 1.54) is 5.56 Å². The van der Waals surface area contributed by atoms with Gasteiger partial charge in [-0.3, -0.25) is 9.69 Å². The van der Waals surface area contributed by atoms with Crippen LogP contribution in [0.25, 0.3) is 6.08 Å². The molecule has 0 aromatic heterocycles. The monoisotopic (exact) mass is 336 g/mol. The number of amides is 1. The van der Waals surface area contributed by atoms with Gasteiger partial charge in [-0.05, 0) is 29.8 Å². The third-order valence-corrected chi connectivity index (χ3v) is 4.47. The van der Waals surface area contributed by atoms with E-state index in [0.29, 0.717) is 0 Å². The van der Waals surface area contributed by atoms with Gasteiger partial charge in [-0.2, -0.15) is 0 Å². The molecule has 0 atom stereocenters. The molecule has 1 aliphatic heterocycles. The summed E-state index contributed by atoms with van der Waals surface area (Å²) in [5, 5.41) is 0. The molecule has 0 spiro atoms. The summed E-state index contributed by atoms with van der Waals surface area (Å²) in [5.41, 5.74) is 1.94. The highest BCUT2D eigenvalue weighted by atomic mass is 16.5. The van der Waals surface area contributed by atoms with Gasteiger partial charge >= 0.3 is 0 Å². The molecule has 25 heavy (non-hydrogen) atoms. The van der Waals surface area contributed by atoms with Crippen LogP contribution in [0.5, 0.6) is 5.75 Å². The van der Waals surface area contributed by atoms with Crippen LogP contribution in [-0.4, -0.2) is 55.5 Å². The van der Waals surface area contributed by atoms with Crippen molar-refractivity contribution in [2.24, 2.45) is 0 Å². The van der Waals surface area contributed by atoms with E-state index < -0.39 is 0 Å². The van der Waals surface area contributed by atoms with Gasteiger partial charge < -0.3 is 9.64 Å². The highest BCUT2D eigenvalue weighted by Crippen LogP contribution is 2.14. The summed E-state index contributed by atoms with van der Waals surface area (Å²) < 4.78 is 5.14. The minimum Gasteiger partial charge on any atom is -0.497 e. The third kappa shape index (κ3) is 4.70. The largest absolute Gasteiger partial charge is 0.497 e. The molecule has 4 heteroatoms. The molecule has 0 radical (unpaired) electrons. The Balaban J connectivity index is 1.47. The van der Waals surface area contributed by atoms with Crippen molar-refractivity contribution in [3.63, 3.8) is 0 Å². The Morgan fingerprint density at radius 1 is 1.00 bits per heavy atom. The molecular weight excluding hydrogens is 312 g/mol. The van der Waals surface area contributed by atoms with Crippen molar-refractivity contribution >= 4 is 12.0 Å². The number of ether oxygens (including phenoxy) is 1. The smallest absolute Gasteiger partial charge is 0.253 e. The minimum atomic E-state index is 0.0992. The van der Waals surface area contributed by atoms with Gasteiger partial charge in [0.1, 0.15) is 5.75 Å². The standard InChI is InChI=1S/C21H24N2O2/c1-25-20-11-9-19(10-12-20)21(24)23-16-14-22(15-17-23)13-5-8-18-6-3-2-4-7-18/h2-12H,13-17H2,1H3. The van der Waals surface area contributed by atoms with Crippen molar-refractivity contribution < 1.29 is 9.53 Å². The molecule has 4 nitrogen and oxygen atoms in total. The van der Waals surface area contributed by atoms with Crippen LogP contribution < -0.4 is 4.74 Å². The number of carbonyl (C=O) groups is 1. The Bertz CT molecular complexity index is 702. The maximum Gasteiger partial charge on any atom is 0.253 e. The molecule has 0 unspecified atom stereocenters. The second kappa shape index (κ2) is 8.49. The number of piperazine rings is 1. The van der Waals surface area contributed by atoms with Gasteiger partial charge in [-0.1, -0.05) is 42.5 Å². The van der Waals surface area contributed by atoms with E-state index in [9.17, 15) is 4.79 Å². The fraction of sp³-hybridized carbons (Fsp3) is 0.286. The van der Waals surface area contributed by atoms with Gasteiger partial charge in [0.15, 0.2) is 0 Å². The first-order chi connectivity index (χ1) is 12.3. The summed E-state index contributed by atoms with van der Waals surface area (Å²) >= 11 is 0. The highest BCUT2D eigenvalue weighted by Gasteiger charge is 2.21. The molecule has 1 aliphatic rings. The van der Waals surface area contributed by atoms with Crippen LogP contribution >= 0.6 is 0 Å². The zero-order chi connectivity index (χ0) is 17.5. The maximum atomic E-state index is 12.6. The highest BCUT2D eigenvalue weighted by molar-refractivity contribution is 5.94. The Morgan fingerprint density at radius 3 is 2.32 bits per heavy atom. The zero-order valence-corrected chi connectivity index (χ0v) is 14.6. The number of nitrogens with zero attached hydrogens (tertiary/aromatic N) is 2. The van der Waals surface area contributed by atoms with Crippen molar-refractivity contribution in [1.82, 2.24) is 9.80 Å². The predicted molar refractivity (Wildman–Crippen MR) is 101 cm³/mol. The number of rotatable bonds is 5. The molecular formula is C21H24N2O2. The van der Waals surface area contributed by atoms with Crippen molar-refractivity contribution in [3.8, 4) is 5.75 Å². The van der Waals surface area contributed by atoms with Gasteiger partial charge in [0.05, 0.1) is 7.11 Å². The number of methoxy groups -OCH3 is 1. The fourth-order valence-electron chi connectivity index (χ4n) is 2.95. The van der Waals surface area contributed by atoms with Crippen LogP contribution in [0.4, 0.5) is 0 Å². The normalized spacial score (nSPS) is 15.5. The molecule has 0 aliphatic carbocycles. The topological polar surface area (TPSA) is 32.8 Å². The van der Waals surface area contributed by atoms with Crippen molar-refractivity contribution in [2.45, 2.75) is 0 Å². The molecule has 0 bridgehead atoms. The minimum absolute atomic E-state index is 0.0992. The van der Waals surface area contributed by atoms with E-state index in [4.69, 9.17) is 4.74 Å². The summed E-state index contributed by atoms with van der Waals surface area (Å²) in [5.74, 6) is 0.869. The SMILES string of the molecule is COc1ccc(C(=O)N2CCN(CC=Cc3ccccc3)CC2)cc1. The van der Waals surface area contributed by atoms with Gasteiger partial charge in [-0.15, -0.1) is 0 Å². The van der Waals surface area contributed by atoms with E-state index in [1.54, 1.807) is 7.11 Å². The van der Waals surface area contributed by atoms with Gasteiger partial charge in [0, 0.05) is 38.3 Å². The van der Waals surface area contributed by atoms with E-state index >= 15 is 0 Å². The molecule has 1 saturated heterocycles. The summed E-state index contributed by atoms with van der Waals surface area (Å²) in [6, 6.07) is 17.6. The molecule has 1 amide bonds. The molecule has 130 valence electrons. The zero-order valence-electron chi connectivity index (χ0n) is 14.6. The lowest BCUT2D eigenvalue weighted by atomic mass is 10.1. The number of hydrogen-bond acceptors (Lipinski definition) is 3. The quantitative estimate of drug-likeness (QED) is 0.841. The summed E-state index contributed by atoms with van der Waals surface area (Å²) in [6.45, 7) is 4.26. The molecule has 0 saturated carbocycles. The van der Waals surface area contributed by atoms with Crippen LogP contribution in [-0.2, 0) is 0 Å². The molecule has 1 heterocycles.